The van der Waals surface area contributed by atoms with E-state index >= 15 is 0 Å². The number of amides is 3. The monoisotopic (exact) mass is 472 g/mol. The van der Waals surface area contributed by atoms with Gasteiger partial charge in [-0.1, -0.05) is 26.0 Å². The van der Waals surface area contributed by atoms with Crippen LogP contribution in [0.2, 0.25) is 0 Å². The zero-order chi connectivity index (χ0) is 23.8. The summed E-state index contributed by atoms with van der Waals surface area (Å²) in [6, 6.07) is 9.05. The number of hydrogen-bond acceptors (Lipinski definition) is 6. The first-order valence-corrected chi connectivity index (χ1v) is 11.3. The van der Waals surface area contributed by atoms with Gasteiger partial charge in [0, 0.05) is 18.5 Å². The van der Waals surface area contributed by atoms with Gasteiger partial charge >= 0.3 is 0 Å². The molecule has 0 saturated carbocycles. The molecule has 3 amide bonds. The number of nitrogens with one attached hydrogen (secondary N) is 2. The van der Waals surface area contributed by atoms with Crippen molar-refractivity contribution in [2.24, 2.45) is 5.92 Å². The Morgan fingerprint density at radius 3 is 2.58 bits per heavy atom. The molecule has 0 bridgehead atoms. The molecule has 0 unspecified atom stereocenters. The molecular weight excluding hydrogens is 447 g/mol. The summed E-state index contributed by atoms with van der Waals surface area (Å²) in [5.74, 6) is -0.989. The fraction of sp³-hybridized carbons (Fsp3) is 0.304. The zero-order valence-electron chi connectivity index (χ0n) is 18.3. The number of rotatable bonds is 10. The van der Waals surface area contributed by atoms with Crippen molar-refractivity contribution >= 4 is 34.2 Å². The maximum Gasteiger partial charge on any atom is 0.290 e. The molecule has 2 N–H and O–H groups in total. The number of anilines is 1. The predicted octanol–water partition coefficient (Wildman–Crippen LogP) is 3.47. The summed E-state index contributed by atoms with van der Waals surface area (Å²) in [4.78, 5) is 43.0. The van der Waals surface area contributed by atoms with E-state index in [1.807, 2.05) is 13.8 Å². The molecule has 2 heterocycles. The topological polar surface area (TPSA) is 105 Å². The molecule has 0 aliphatic carbocycles. The Bertz CT molecular complexity index is 1080. The van der Waals surface area contributed by atoms with E-state index in [4.69, 9.17) is 4.42 Å². The van der Waals surface area contributed by atoms with Crippen LogP contribution in [-0.2, 0) is 22.6 Å². The lowest BCUT2D eigenvalue weighted by Crippen LogP contribution is -2.40. The van der Waals surface area contributed by atoms with E-state index in [0.29, 0.717) is 17.4 Å². The fourth-order valence-corrected chi connectivity index (χ4v) is 3.75. The summed E-state index contributed by atoms with van der Waals surface area (Å²) in [5.41, 5.74) is 1.30. The van der Waals surface area contributed by atoms with Crippen LogP contribution in [0, 0.1) is 11.7 Å². The first kappa shape index (κ1) is 24.1. The highest BCUT2D eigenvalue weighted by molar-refractivity contribution is 7.13. The molecule has 0 aliphatic heterocycles. The molecule has 8 nitrogen and oxygen atoms in total. The van der Waals surface area contributed by atoms with Crippen LogP contribution in [0.3, 0.4) is 0 Å². The molecule has 10 heteroatoms. The van der Waals surface area contributed by atoms with Crippen molar-refractivity contribution in [2.75, 3.05) is 18.4 Å². The quantitative estimate of drug-likeness (QED) is 0.470. The summed E-state index contributed by atoms with van der Waals surface area (Å²) in [7, 11) is 0. The summed E-state index contributed by atoms with van der Waals surface area (Å²) >= 11 is 1.20. The van der Waals surface area contributed by atoms with Gasteiger partial charge < -0.3 is 20.0 Å². The average molecular weight is 473 g/mol. The molecule has 0 saturated heterocycles. The van der Waals surface area contributed by atoms with Gasteiger partial charge in [-0.15, -0.1) is 11.3 Å². The Hall–Kier alpha value is -3.53. The normalized spacial score (nSPS) is 10.8. The molecular formula is C23H25FN4O4S. The average Bonchev–Trinajstić information content (AvgIpc) is 3.44. The highest BCUT2D eigenvalue weighted by atomic mass is 32.1. The van der Waals surface area contributed by atoms with Crippen LogP contribution < -0.4 is 10.6 Å². The third-order valence-corrected chi connectivity index (χ3v) is 5.29. The van der Waals surface area contributed by atoms with Gasteiger partial charge in [-0.25, -0.2) is 9.37 Å². The van der Waals surface area contributed by atoms with Crippen molar-refractivity contribution < 1.29 is 23.2 Å². The van der Waals surface area contributed by atoms with Gasteiger partial charge in [0.25, 0.3) is 5.91 Å². The molecule has 1 aromatic carbocycles. The van der Waals surface area contributed by atoms with Gasteiger partial charge in [-0.05, 0) is 35.7 Å². The first-order valence-electron chi connectivity index (χ1n) is 10.4. The molecule has 0 spiro atoms. The smallest absolute Gasteiger partial charge is 0.290 e. The molecule has 3 aromatic rings. The SMILES string of the molecule is CC(C)CN(CC(=O)Nc1nc(CC(=O)NCc2ccc(F)cc2)cs1)C(=O)c1ccco1. The minimum atomic E-state index is -0.391. The highest BCUT2D eigenvalue weighted by Gasteiger charge is 2.22. The van der Waals surface area contributed by atoms with Crippen molar-refractivity contribution in [3.05, 3.63) is 70.9 Å². The van der Waals surface area contributed by atoms with Crippen LogP contribution in [0.15, 0.2) is 52.5 Å². The highest BCUT2D eigenvalue weighted by Crippen LogP contribution is 2.16. The van der Waals surface area contributed by atoms with Crippen LogP contribution in [0.25, 0.3) is 0 Å². The van der Waals surface area contributed by atoms with Crippen LogP contribution in [0.1, 0.15) is 35.7 Å². The molecule has 33 heavy (non-hydrogen) atoms. The summed E-state index contributed by atoms with van der Waals surface area (Å²) in [5, 5.41) is 7.46. The Balaban J connectivity index is 1.50. The summed E-state index contributed by atoms with van der Waals surface area (Å²) < 4.78 is 18.1. The van der Waals surface area contributed by atoms with E-state index in [1.165, 1.54) is 34.6 Å². The number of thiazole rings is 1. The number of carbonyl (C=O) groups is 3. The van der Waals surface area contributed by atoms with Crippen molar-refractivity contribution in [3.63, 3.8) is 0 Å². The second-order valence-electron chi connectivity index (χ2n) is 7.83. The van der Waals surface area contributed by atoms with Crippen LogP contribution in [-0.4, -0.2) is 40.7 Å². The van der Waals surface area contributed by atoms with Crippen molar-refractivity contribution in [3.8, 4) is 0 Å². The lowest BCUT2D eigenvalue weighted by molar-refractivity contribution is -0.120. The van der Waals surface area contributed by atoms with E-state index in [2.05, 4.69) is 15.6 Å². The third-order valence-electron chi connectivity index (χ3n) is 4.48. The first-order chi connectivity index (χ1) is 15.8. The Labute approximate surface area is 194 Å². The van der Waals surface area contributed by atoms with E-state index < -0.39 is 5.91 Å². The lowest BCUT2D eigenvalue weighted by atomic mass is 10.2. The molecule has 0 atom stereocenters. The lowest BCUT2D eigenvalue weighted by Gasteiger charge is -2.22. The number of furan rings is 1. The fourth-order valence-electron chi connectivity index (χ4n) is 3.02. The maximum absolute atomic E-state index is 12.9. The zero-order valence-corrected chi connectivity index (χ0v) is 19.2. The molecule has 0 aliphatic rings. The van der Waals surface area contributed by atoms with E-state index in [0.717, 1.165) is 5.56 Å². The molecule has 2 aromatic heterocycles. The van der Waals surface area contributed by atoms with E-state index in [-0.39, 0.29) is 48.8 Å². The minimum absolute atomic E-state index is 0.0457. The molecule has 0 radical (unpaired) electrons. The second-order valence-corrected chi connectivity index (χ2v) is 8.69. The van der Waals surface area contributed by atoms with Crippen LogP contribution in [0.5, 0.6) is 0 Å². The second kappa shape index (κ2) is 11.4. The summed E-state index contributed by atoms with van der Waals surface area (Å²) in [6.07, 6.45) is 1.46. The van der Waals surface area contributed by atoms with Gasteiger partial charge in [0.2, 0.25) is 11.8 Å². The van der Waals surface area contributed by atoms with Crippen molar-refractivity contribution in [1.82, 2.24) is 15.2 Å². The van der Waals surface area contributed by atoms with Gasteiger partial charge in [0.1, 0.15) is 12.4 Å². The van der Waals surface area contributed by atoms with Crippen LogP contribution >= 0.6 is 11.3 Å². The number of carbonyl (C=O) groups excluding carboxylic acids is 3. The Morgan fingerprint density at radius 2 is 1.91 bits per heavy atom. The van der Waals surface area contributed by atoms with Gasteiger partial charge in [-0.2, -0.15) is 0 Å². The third kappa shape index (κ3) is 7.53. The number of halogens is 1. The number of aromatic nitrogens is 1. The van der Waals surface area contributed by atoms with Crippen molar-refractivity contribution in [1.29, 1.82) is 0 Å². The minimum Gasteiger partial charge on any atom is -0.459 e. The van der Waals surface area contributed by atoms with Crippen molar-refractivity contribution in [2.45, 2.75) is 26.8 Å². The van der Waals surface area contributed by atoms with E-state index in [1.54, 1.807) is 29.6 Å². The number of hydrogen-bond donors (Lipinski definition) is 2. The summed E-state index contributed by atoms with van der Waals surface area (Å²) in [6.45, 7) is 4.43. The van der Waals surface area contributed by atoms with Gasteiger partial charge in [0.15, 0.2) is 10.9 Å². The maximum atomic E-state index is 12.9. The standard InChI is InChI=1S/C23H25FN4O4S/c1-15(2)12-28(22(31)19-4-3-9-32-19)13-21(30)27-23-26-18(14-33-23)10-20(29)25-11-16-5-7-17(24)8-6-16/h3-9,14-15H,10-13H2,1-2H3,(H,25,29)(H,26,27,30). The van der Waals surface area contributed by atoms with Gasteiger partial charge in [-0.3, -0.25) is 14.4 Å². The number of benzene rings is 1. The van der Waals surface area contributed by atoms with Gasteiger partial charge in [0.05, 0.1) is 18.4 Å². The molecule has 0 fully saturated rings. The van der Waals surface area contributed by atoms with Crippen LogP contribution in [0.4, 0.5) is 9.52 Å². The number of nitrogens with zero attached hydrogens (tertiary/aromatic N) is 2. The molecule has 174 valence electrons. The Kier molecular flexibility index (Phi) is 8.31. The largest absolute Gasteiger partial charge is 0.459 e. The molecule has 3 rings (SSSR count). The van der Waals surface area contributed by atoms with E-state index in [9.17, 15) is 18.8 Å². The predicted molar refractivity (Wildman–Crippen MR) is 122 cm³/mol. The Morgan fingerprint density at radius 1 is 1.15 bits per heavy atom.